The third kappa shape index (κ3) is 4.49. The van der Waals surface area contributed by atoms with Crippen molar-refractivity contribution in [2.24, 2.45) is 0 Å². The second-order valence-electron chi connectivity index (χ2n) is 7.55. The van der Waals surface area contributed by atoms with Crippen molar-refractivity contribution in [2.45, 2.75) is 44.9 Å². The van der Waals surface area contributed by atoms with Crippen molar-refractivity contribution in [3.8, 4) is 11.5 Å². The zero-order valence-electron chi connectivity index (χ0n) is 16.0. The molecule has 0 fully saturated rings. The summed E-state index contributed by atoms with van der Waals surface area (Å²) in [6.07, 6.45) is 0.770. The maximum atomic E-state index is 13.7. The molecular weight excluding hydrogens is 353 g/mol. The molecule has 0 aromatic heterocycles. The molecule has 2 unspecified atom stereocenters. The van der Waals surface area contributed by atoms with Crippen LogP contribution in [0.25, 0.3) is 0 Å². The van der Waals surface area contributed by atoms with Crippen molar-refractivity contribution >= 4 is 12.4 Å². The van der Waals surface area contributed by atoms with Crippen LogP contribution in [0, 0.1) is 5.82 Å². The highest BCUT2D eigenvalue weighted by Gasteiger charge is 2.35. The molecule has 0 saturated heterocycles. The Labute approximate surface area is 161 Å². The Kier molecular flexibility index (Phi) is 6.20. The fourth-order valence-electron chi connectivity index (χ4n) is 3.23. The molecule has 0 N–H and O–H groups in total. The first-order chi connectivity index (χ1) is 11.7. The molecule has 1 aliphatic rings. The lowest BCUT2D eigenvalue weighted by Crippen LogP contribution is -2.35. The Morgan fingerprint density at radius 3 is 2.58 bits per heavy atom. The number of rotatable bonds is 4. The van der Waals surface area contributed by atoms with Crippen molar-refractivity contribution in [2.75, 3.05) is 14.1 Å². The molecule has 0 bridgehead atoms. The van der Waals surface area contributed by atoms with Crippen molar-refractivity contribution in [1.29, 1.82) is 0 Å². The van der Waals surface area contributed by atoms with Crippen LogP contribution in [-0.4, -0.2) is 30.8 Å². The number of hydrogen-bond donors (Lipinski definition) is 0. The summed E-state index contributed by atoms with van der Waals surface area (Å²) >= 11 is 0. The van der Waals surface area contributed by atoms with E-state index in [-0.39, 0.29) is 36.0 Å². The summed E-state index contributed by atoms with van der Waals surface area (Å²) in [6.45, 7) is 6.14. The monoisotopic (exact) mass is 379 g/mol. The summed E-state index contributed by atoms with van der Waals surface area (Å²) in [6, 6.07) is 12.8. The number of halogens is 2. The lowest BCUT2D eigenvalue weighted by molar-refractivity contribution is 0.0705. The fraction of sp³-hybridized carbons (Fsp3) is 0.429. The van der Waals surface area contributed by atoms with Crippen molar-refractivity contribution in [3.05, 3.63) is 59.4 Å². The fourth-order valence-corrected chi connectivity index (χ4v) is 3.23. The molecule has 1 aliphatic heterocycles. The standard InChI is InChI=1S/C21H26FNO2.ClH/c1-14(23(4)5)24-17-9-10-18-19(15-7-6-8-16(22)11-15)13-21(2,3)25-20(18)12-17;/h6-12,14,19H,13H2,1-5H3;1H. The average molecular weight is 380 g/mol. The van der Waals surface area contributed by atoms with E-state index in [9.17, 15) is 4.39 Å². The van der Waals surface area contributed by atoms with Gasteiger partial charge >= 0.3 is 0 Å². The number of hydrogen-bond acceptors (Lipinski definition) is 3. The number of nitrogens with zero attached hydrogens (tertiary/aromatic N) is 1. The van der Waals surface area contributed by atoms with Crippen LogP contribution in [0.4, 0.5) is 4.39 Å². The zero-order valence-corrected chi connectivity index (χ0v) is 16.8. The summed E-state index contributed by atoms with van der Waals surface area (Å²) in [5.74, 6) is 1.49. The molecule has 3 nitrogen and oxygen atoms in total. The quantitative estimate of drug-likeness (QED) is 0.679. The van der Waals surface area contributed by atoms with Gasteiger partial charge in [0, 0.05) is 17.5 Å². The number of fused-ring (bicyclic) bond motifs is 1. The van der Waals surface area contributed by atoms with Gasteiger partial charge < -0.3 is 9.47 Å². The Balaban J connectivity index is 0.00000243. The first-order valence-electron chi connectivity index (χ1n) is 8.67. The number of ether oxygens (including phenoxy) is 2. The average Bonchev–Trinajstić information content (AvgIpc) is 2.52. The summed E-state index contributed by atoms with van der Waals surface area (Å²) in [5.41, 5.74) is 1.73. The summed E-state index contributed by atoms with van der Waals surface area (Å²) in [5, 5.41) is 0. The predicted octanol–water partition coefficient (Wildman–Crippen LogP) is 5.23. The largest absolute Gasteiger partial charge is 0.487 e. The molecule has 2 atom stereocenters. The van der Waals surface area contributed by atoms with E-state index in [4.69, 9.17) is 9.47 Å². The first-order valence-corrected chi connectivity index (χ1v) is 8.67. The molecular formula is C21H27ClFNO2. The van der Waals surface area contributed by atoms with Gasteiger partial charge in [-0.3, -0.25) is 4.90 Å². The first kappa shape index (κ1) is 20.5. The molecule has 0 radical (unpaired) electrons. The van der Waals surface area contributed by atoms with Gasteiger partial charge in [-0.15, -0.1) is 12.4 Å². The van der Waals surface area contributed by atoms with E-state index >= 15 is 0 Å². The molecule has 0 spiro atoms. The molecule has 5 heteroatoms. The molecule has 2 aromatic rings. The van der Waals surface area contributed by atoms with Crippen LogP contribution in [-0.2, 0) is 0 Å². The molecule has 0 aliphatic carbocycles. The molecule has 0 amide bonds. The van der Waals surface area contributed by atoms with Crippen LogP contribution in [0.2, 0.25) is 0 Å². The topological polar surface area (TPSA) is 21.7 Å². The third-order valence-electron chi connectivity index (χ3n) is 4.73. The SMILES string of the molecule is CC(Oc1ccc2c(c1)OC(C)(C)CC2c1cccc(F)c1)N(C)C.Cl. The molecule has 1 heterocycles. The van der Waals surface area contributed by atoms with Crippen LogP contribution in [0.15, 0.2) is 42.5 Å². The van der Waals surface area contributed by atoms with Gasteiger partial charge in [-0.2, -0.15) is 0 Å². The third-order valence-corrected chi connectivity index (χ3v) is 4.73. The van der Waals surface area contributed by atoms with Crippen LogP contribution in [0.3, 0.4) is 0 Å². The normalized spacial score (nSPS) is 19.1. The molecule has 0 saturated carbocycles. The predicted molar refractivity (Wildman–Crippen MR) is 105 cm³/mol. The van der Waals surface area contributed by atoms with E-state index in [1.54, 1.807) is 12.1 Å². The van der Waals surface area contributed by atoms with Crippen LogP contribution in [0.1, 0.15) is 44.2 Å². The Morgan fingerprint density at radius 1 is 1.19 bits per heavy atom. The van der Waals surface area contributed by atoms with Gasteiger partial charge in [0.1, 0.15) is 29.1 Å². The second kappa shape index (κ2) is 7.85. The maximum Gasteiger partial charge on any atom is 0.149 e. The second-order valence-corrected chi connectivity index (χ2v) is 7.55. The van der Waals surface area contributed by atoms with Crippen molar-refractivity contribution in [1.82, 2.24) is 4.90 Å². The van der Waals surface area contributed by atoms with Crippen LogP contribution < -0.4 is 9.47 Å². The highest BCUT2D eigenvalue weighted by molar-refractivity contribution is 5.85. The van der Waals surface area contributed by atoms with E-state index in [1.165, 1.54) is 6.07 Å². The van der Waals surface area contributed by atoms with Crippen molar-refractivity contribution < 1.29 is 13.9 Å². The molecule has 2 aromatic carbocycles. The molecule has 26 heavy (non-hydrogen) atoms. The summed E-state index contributed by atoms with van der Waals surface area (Å²) < 4.78 is 25.9. The van der Waals surface area contributed by atoms with Gasteiger partial charge in [-0.05, 0) is 65.0 Å². The minimum absolute atomic E-state index is 0. The van der Waals surface area contributed by atoms with Gasteiger partial charge in [0.15, 0.2) is 0 Å². The maximum absolute atomic E-state index is 13.7. The molecule has 142 valence electrons. The zero-order chi connectivity index (χ0) is 18.2. The Hall–Kier alpha value is -1.78. The van der Waals surface area contributed by atoms with Gasteiger partial charge in [-0.25, -0.2) is 4.39 Å². The molecule has 3 rings (SSSR count). The number of benzene rings is 2. The van der Waals surface area contributed by atoms with Gasteiger partial charge in [0.2, 0.25) is 0 Å². The Bertz CT molecular complexity index is 763. The highest BCUT2D eigenvalue weighted by Crippen LogP contribution is 2.45. The van der Waals surface area contributed by atoms with Crippen LogP contribution in [0.5, 0.6) is 11.5 Å². The smallest absolute Gasteiger partial charge is 0.149 e. The summed E-state index contributed by atoms with van der Waals surface area (Å²) in [4.78, 5) is 2.00. The van der Waals surface area contributed by atoms with Gasteiger partial charge in [0.25, 0.3) is 0 Å². The van der Waals surface area contributed by atoms with Crippen LogP contribution >= 0.6 is 12.4 Å². The van der Waals surface area contributed by atoms with E-state index in [2.05, 4.69) is 13.8 Å². The van der Waals surface area contributed by atoms with Crippen molar-refractivity contribution in [3.63, 3.8) is 0 Å². The van der Waals surface area contributed by atoms with Gasteiger partial charge in [0.05, 0.1) is 0 Å². The van der Waals surface area contributed by atoms with E-state index < -0.39 is 0 Å². The summed E-state index contributed by atoms with van der Waals surface area (Å²) in [7, 11) is 3.95. The van der Waals surface area contributed by atoms with E-state index in [0.717, 1.165) is 29.0 Å². The van der Waals surface area contributed by atoms with E-state index in [0.29, 0.717) is 0 Å². The lowest BCUT2D eigenvalue weighted by Gasteiger charge is -2.38. The highest BCUT2D eigenvalue weighted by atomic mass is 35.5. The Morgan fingerprint density at radius 2 is 1.92 bits per heavy atom. The lowest BCUT2D eigenvalue weighted by atomic mass is 9.80. The minimum Gasteiger partial charge on any atom is -0.487 e. The van der Waals surface area contributed by atoms with Gasteiger partial charge in [-0.1, -0.05) is 18.2 Å². The minimum atomic E-state index is -0.324. The van der Waals surface area contributed by atoms with E-state index in [1.807, 2.05) is 50.2 Å².